The van der Waals surface area contributed by atoms with Gasteiger partial charge in [0.1, 0.15) is 0 Å². The van der Waals surface area contributed by atoms with Gasteiger partial charge in [-0.25, -0.2) is 4.79 Å². The molecule has 28 heavy (non-hydrogen) atoms. The van der Waals surface area contributed by atoms with E-state index >= 15 is 0 Å². The molecule has 1 aromatic heterocycles. The third-order valence-corrected chi connectivity index (χ3v) is 4.86. The second-order valence-electron chi connectivity index (χ2n) is 7.48. The molecule has 0 aliphatic carbocycles. The highest BCUT2D eigenvalue weighted by molar-refractivity contribution is 5.74. The van der Waals surface area contributed by atoms with Crippen LogP contribution in [0.4, 0.5) is 4.79 Å². The average Bonchev–Trinajstić information content (AvgIpc) is 3.11. The highest BCUT2D eigenvalue weighted by Crippen LogP contribution is 2.14. The fourth-order valence-corrected chi connectivity index (χ4v) is 3.29. The lowest BCUT2D eigenvalue weighted by Gasteiger charge is -2.27. The molecule has 3 aromatic rings. The molecule has 0 bridgehead atoms. The van der Waals surface area contributed by atoms with E-state index in [-0.39, 0.29) is 12.1 Å². The van der Waals surface area contributed by atoms with E-state index < -0.39 is 0 Å². The van der Waals surface area contributed by atoms with Gasteiger partial charge in [0.2, 0.25) is 0 Å². The lowest BCUT2D eigenvalue weighted by molar-refractivity contribution is 0.177. The van der Waals surface area contributed by atoms with Gasteiger partial charge in [0, 0.05) is 31.0 Å². The number of hydrogen-bond donors (Lipinski definition) is 1. The molecule has 2 aromatic carbocycles. The molecular formula is C24H29N3O. The fourth-order valence-electron chi connectivity index (χ4n) is 3.29. The molecule has 4 heteroatoms. The van der Waals surface area contributed by atoms with Crippen LogP contribution in [0.1, 0.15) is 36.2 Å². The van der Waals surface area contributed by atoms with Gasteiger partial charge in [0.15, 0.2) is 0 Å². The summed E-state index contributed by atoms with van der Waals surface area (Å²) in [6.07, 6.45) is 2.08. The Hall–Kier alpha value is -3.01. The number of aromatic nitrogens is 1. The van der Waals surface area contributed by atoms with Crippen LogP contribution >= 0.6 is 0 Å². The summed E-state index contributed by atoms with van der Waals surface area (Å²) in [6, 6.07) is 22.7. The summed E-state index contributed by atoms with van der Waals surface area (Å²) < 4.78 is 2.22. The zero-order valence-electron chi connectivity index (χ0n) is 16.9. The molecule has 0 unspecified atom stereocenters. The Bertz CT molecular complexity index is 899. The molecule has 0 aliphatic heterocycles. The third kappa shape index (κ3) is 5.26. The number of aryl methyl sites for hydroxylation is 1. The summed E-state index contributed by atoms with van der Waals surface area (Å²) in [7, 11) is 0. The Labute approximate surface area is 167 Å². The molecule has 0 radical (unpaired) electrons. The van der Waals surface area contributed by atoms with E-state index in [1.807, 2.05) is 41.3 Å². The number of amides is 2. The summed E-state index contributed by atoms with van der Waals surface area (Å²) >= 11 is 0. The Kier molecular flexibility index (Phi) is 6.53. The van der Waals surface area contributed by atoms with E-state index in [1.165, 1.54) is 11.1 Å². The Morgan fingerprint density at radius 1 is 1.00 bits per heavy atom. The van der Waals surface area contributed by atoms with Gasteiger partial charge in [-0.2, -0.15) is 0 Å². The number of rotatable bonds is 7. The van der Waals surface area contributed by atoms with Crippen molar-refractivity contribution < 1.29 is 4.79 Å². The largest absolute Gasteiger partial charge is 0.345 e. The van der Waals surface area contributed by atoms with Crippen molar-refractivity contribution in [3.63, 3.8) is 0 Å². The molecule has 3 rings (SSSR count). The Balaban J connectivity index is 1.67. The van der Waals surface area contributed by atoms with Crippen molar-refractivity contribution >= 4 is 6.03 Å². The normalized spacial score (nSPS) is 10.9. The van der Waals surface area contributed by atoms with E-state index in [4.69, 9.17) is 0 Å². The molecule has 2 amide bonds. The molecule has 0 saturated carbocycles. The smallest absolute Gasteiger partial charge is 0.318 e. The number of hydrogen-bond acceptors (Lipinski definition) is 1. The molecule has 1 N–H and O–H groups in total. The van der Waals surface area contributed by atoms with Crippen LogP contribution in [0.2, 0.25) is 0 Å². The standard InChI is InChI=1S/C24H29N3O/c1-19(2)27(24(28)25-16-21-10-5-4-6-11-21)18-23-13-8-14-26(23)17-22-12-7-9-20(3)15-22/h4-15,19H,16-18H2,1-3H3,(H,25,28). The Morgan fingerprint density at radius 3 is 2.46 bits per heavy atom. The quantitative estimate of drug-likeness (QED) is 0.622. The molecule has 0 aliphatic rings. The van der Waals surface area contributed by atoms with Crippen molar-refractivity contribution in [3.8, 4) is 0 Å². The van der Waals surface area contributed by atoms with E-state index in [1.54, 1.807) is 0 Å². The minimum absolute atomic E-state index is 0.0397. The van der Waals surface area contributed by atoms with E-state index in [9.17, 15) is 4.79 Å². The first kappa shape index (κ1) is 19.7. The minimum atomic E-state index is -0.0397. The van der Waals surface area contributed by atoms with Gasteiger partial charge in [-0.15, -0.1) is 0 Å². The van der Waals surface area contributed by atoms with Crippen LogP contribution < -0.4 is 5.32 Å². The summed E-state index contributed by atoms with van der Waals surface area (Å²) in [5, 5.41) is 3.05. The van der Waals surface area contributed by atoms with Gasteiger partial charge in [0.25, 0.3) is 0 Å². The van der Waals surface area contributed by atoms with Crippen LogP contribution in [0.5, 0.6) is 0 Å². The highest BCUT2D eigenvalue weighted by Gasteiger charge is 2.18. The van der Waals surface area contributed by atoms with Crippen molar-refractivity contribution in [1.29, 1.82) is 0 Å². The number of benzene rings is 2. The van der Waals surface area contributed by atoms with E-state index in [0.717, 1.165) is 17.8 Å². The zero-order chi connectivity index (χ0) is 19.9. The van der Waals surface area contributed by atoms with Gasteiger partial charge in [-0.3, -0.25) is 0 Å². The van der Waals surface area contributed by atoms with Gasteiger partial charge < -0.3 is 14.8 Å². The van der Waals surface area contributed by atoms with Crippen LogP contribution in [0.15, 0.2) is 72.9 Å². The zero-order valence-corrected chi connectivity index (χ0v) is 16.9. The molecular weight excluding hydrogens is 346 g/mol. The molecule has 0 saturated heterocycles. The van der Waals surface area contributed by atoms with Crippen LogP contribution in [-0.4, -0.2) is 21.5 Å². The number of nitrogens with one attached hydrogen (secondary N) is 1. The first-order chi connectivity index (χ1) is 13.5. The lowest BCUT2D eigenvalue weighted by atomic mass is 10.1. The molecule has 0 spiro atoms. The number of urea groups is 1. The molecule has 4 nitrogen and oxygen atoms in total. The monoisotopic (exact) mass is 375 g/mol. The van der Waals surface area contributed by atoms with Crippen LogP contribution in [0, 0.1) is 6.92 Å². The van der Waals surface area contributed by atoms with Crippen molar-refractivity contribution in [2.24, 2.45) is 0 Å². The molecule has 1 heterocycles. The van der Waals surface area contributed by atoms with Crippen molar-refractivity contribution in [3.05, 3.63) is 95.3 Å². The molecule has 146 valence electrons. The minimum Gasteiger partial charge on any atom is -0.345 e. The predicted molar refractivity (Wildman–Crippen MR) is 114 cm³/mol. The van der Waals surface area contributed by atoms with Crippen LogP contribution in [0.25, 0.3) is 0 Å². The van der Waals surface area contributed by atoms with Crippen LogP contribution in [0.3, 0.4) is 0 Å². The third-order valence-electron chi connectivity index (χ3n) is 4.86. The number of carbonyl (C=O) groups excluding carboxylic acids is 1. The Morgan fingerprint density at radius 2 is 1.75 bits per heavy atom. The summed E-state index contributed by atoms with van der Waals surface area (Å²) in [6.45, 7) is 8.13. The maximum atomic E-state index is 12.8. The highest BCUT2D eigenvalue weighted by atomic mass is 16.2. The maximum absolute atomic E-state index is 12.8. The average molecular weight is 376 g/mol. The van der Waals surface area contributed by atoms with Gasteiger partial charge >= 0.3 is 6.03 Å². The second-order valence-corrected chi connectivity index (χ2v) is 7.48. The maximum Gasteiger partial charge on any atom is 0.318 e. The number of carbonyl (C=O) groups is 1. The molecule has 0 fully saturated rings. The predicted octanol–water partition coefficient (Wildman–Crippen LogP) is 4.97. The first-order valence-electron chi connectivity index (χ1n) is 9.81. The SMILES string of the molecule is Cc1cccc(Cn2cccc2CN(C(=O)NCc2ccccc2)C(C)C)c1. The summed E-state index contributed by atoms with van der Waals surface area (Å²) in [5.41, 5.74) is 4.75. The molecule has 0 atom stereocenters. The van der Waals surface area contributed by atoms with Gasteiger partial charge in [0.05, 0.1) is 6.54 Å². The van der Waals surface area contributed by atoms with E-state index in [2.05, 4.69) is 67.2 Å². The van der Waals surface area contributed by atoms with Crippen molar-refractivity contribution in [1.82, 2.24) is 14.8 Å². The lowest BCUT2D eigenvalue weighted by Crippen LogP contribution is -2.43. The van der Waals surface area contributed by atoms with Crippen molar-refractivity contribution in [2.45, 2.75) is 46.4 Å². The van der Waals surface area contributed by atoms with Gasteiger partial charge in [-0.05, 0) is 44.0 Å². The number of nitrogens with zero attached hydrogens (tertiary/aromatic N) is 2. The topological polar surface area (TPSA) is 37.3 Å². The van der Waals surface area contributed by atoms with Crippen LogP contribution in [-0.2, 0) is 19.6 Å². The summed E-state index contributed by atoms with van der Waals surface area (Å²) in [4.78, 5) is 14.7. The first-order valence-corrected chi connectivity index (χ1v) is 9.81. The van der Waals surface area contributed by atoms with E-state index in [0.29, 0.717) is 13.1 Å². The summed E-state index contributed by atoms with van der Waals surface area (Å²) in [5.74, 6) is 0. The van der Waals surface area contributed by atoms with Gasteiger partial charge in [-0.1, -0.05) is 60.2 Å². The fraction of sp³-hybridized carbons (Fsp3) is 0.292. The van der Waals surface area contributed by atoms with Crippen molar-refractivity contribution in [2.75, 3.05) is 0 Å². The second kappa shape index (κ2) is 9.27.